The molecule has 2 rings (SSSR count). The summed E-state index contributed by atoms with van der Waals surface area (Å²) in [5.41, 5.74) is 3.87. The van der Waals surface area contributed by atoms with Crippen molar-refractivity contribution in [2.75, 3.05) is 18.4 Å². The fourth-order valence-electron chi connectivity index (χ4n) is 2.38. The minimum atomic E-state index is -0.452. The topological polar surface area (TPSA) is 84.3 Å². The zero-order chi connectivity index (χ0) is 17.5. The molecule has 0 aliphatic carbocycles. The fraction of sp³-hybridized carbons (Fsp3) is 0.278. The average molecular weight is 327 g/mol. The number of hydrogen-bond acceptors (Lipinski definition) is 4. The maximum absolute atomic E-state index is 11.9. The Bertz CT molecular complexity index is 744. The summed E-state index contributed by atoms with van der Waals surface area (Å²) < 4.78 is 0. The molecule has 0 spiro atoms. The van der Waals surface area contributed by atoms with Crippen LogP contribution in [0, 0.1) is 24.0 Å². The van der Waals surface area contributed by atoms with E-state index < -0.39 is 4.92 Å². The van der Waals surface area contributed by atoms with Gasteiger partial charge in [0, 0.05) is 24.4 Å². The molecule has 0 unspecified atom stereocenters. The van der Waals surface area contributed by atoms with Crippen molar-refractivity contribution in [2.24, 2.45) is 0 Å². The molecule has 6 nitrogen and oxygen atoms in total. The molecule has 0 aliphatic rings. The zero-order valence-corrected chi connectivity index (χ0v) is 13.8. The molecule has 0 atom stereocenters. The van der Waals surface area contributed by atoms with Gasteiger partial charge in [-0.1, -0.05) is 30.3 Å². The monoisotopic (exact) mass is 327 g/mol. The van der Waals surface area contributed by atoms with Gasteiger partial charge in [-0.3, -0.25) is 14.9 Å². The Balaban J connectivity index is 1.82. The number of carbonyl (C=O) groups excluding carboxylic acids is 1. The highest BCUT2D eigenvalue weighted by Crippen LogP contribution is 2.21. The molecule has 0 saturated heterocycles. The second-order valence-electron chi connectivity index (χ2n) is 5.64. The molecule has 126 valence electrons. The van der Waals surface area contributed by atoms with Crippen molar-refractivity contribution in [1.82, 2.24) is 5.32 Å². The molecule has 0 heterocycles. The second kappa shape index (κ2) is 8.10. The SMILES string of the molecule is Cc1ccccc1CCNC(=O)CNc1cc([N+](=O)[O-])ccc1C. The number of benzene rings is 2. The van der Waals surface area contributed by atoms with Gasteiger partial charge in [-0.25, -0.2) is 0 Å². The first kappa shape index (κ1) is 17.5. The second-order valence-corrected chi connectivity index (χ2v) is 5.64. The highest BCUT2D eigenvalue weighted by molar-refractivity contribution is 5.81. The van der Waals surface area contributed by atoms with Gasteiger partial charge in [-0.2, -0.15) is 0 Å². The third kappa shape index (κ3) is 4.81. The Labute approximate surface area is 141 Å². The molecule has 0 aromatic heterocycles. The molecule has 0 radical (unpaired) electrons. The molecule has 24 heavy (non-hydrogen) atoms. The van der Waals surface area contributed by atoms with Crippen LogP contribution in [0.25, 0.3) is 0 Å². The van der Waals surface area contributed by atoms with Crippen LogP contribution in [0.4, 0.5) is 11.4 Å². The molecular weight excluding hydrogens is 306 g/mol. The summed E-state index contributed by atoms with van der Waals surface area (Å²) in [6, 6.07) is 12.6. The van der Waals surface area contributed by atoms with E-state index in [2.05, 4.69) is 10.6 Å². The molecule has 0 aliphatic heterocycles. The number of hydrogen-bond donors (Lipinski definition) is 2. The van der Waals surface area contributed by atoms with E-state index in [1.807, 2.05) is 38.1 Å². The van der Waals surface area contributed by atoms with Gasteiger partial charge in [-0.15, -0.1) is 0 Å². The first-order chi connectivity index (χ1) is 11.5. The third-order valence-electron chi connectivity index (χ3n) is 3.85. The lowest BCUT2D eigenvalue weighted by Gasteiger charge is -2.10. The van der Waals surface area contributed by atoms with E-state index in [4.69, 9.17) is 0 Å². The van der Waals surface area contributed by atoms with Crippen LogP contribution in [0.5, 0.6) is 0 Å². The molecule has 2 aromatic carbocycles. The molecule has 0 bridgehead atoms. The standard InChI is InChI=1S/C18H21N3O3/c1-13-5-3-4-6-15(13)9-10-19-18(22)12-20-17-11-16(21(23)24)8-7-14(17)2/h3-8,11,20H,9-10,12H2,1-2H3,(H,19,22). The van der Waals surface area contributed by atoms with Gasteiger partial charge in [-0.05, 0) is 37.0 Å². The van der Waals surface area contributed by atoms with E-state index in [9.17, 15) is 14.9 Å². The van der Waals surface area contributed by atoms with Crippen molar-refractivity contribution >= 4 is 17.3 Å². The van der Waals surface area contributed by atoms with Crippen LogP contribution in [-0.4, -0.2) is 23.9 Å². The molecule has 0 fully saturated rings. The maximum atomic E-state index is 11.9. The summed E-state index contributed by atoms with van der Waals surface area (Å²) in [6.07, 6.45) is 0.772. The predicted molar refractivity (Wildman–Crippen MR) is 94.2 cm³/mol. The maximum Gasteiger partial charge on any atom is 0.271 e. The molecule has 6 heteroatoms. The summed E-state index contributed by atoms with van der Waals surface area (Å²) in [7, 11) is 0. The van der Waals surface area contributed by atoms with Gasteiger partial charge < -0.3 is 10.6 Å². The Kier molecular flexibility index (Phi) is 5.89. The molecule has 1 amide bonds. The van der Waals surface area contributed by atoms with Crippen molar-refractivity contribution in [1.29, 1.82) is 0 Å². The van der Waals surface area contributed by atoms with E-state index in [0.29, 0.717) is 12.2 Å². The summed E-state index contributed by atoms with van der Waals surface area (Å²) in [6.45, 7) is 4.51. The van der Waals surface area contributed by atoms with Gasteiger partial charge in [0.05, 0.1) is 11.5 Å². The van der Waals surface area contributed by atoms with Crippen molar-refractivity contribution in [3.05, 3.63) is 69.3 Å². The average Bonchev–Trinajstić information content (AvgIpc) is 2.55. The number of amides is 1. The number of nitro benzene ring substituents is 1. The summed E-state index contributed by atoms with van der Waals surface area (Å²) in [5, 5.41) is 16.6. The van der Waals surface area contributed by atoms with Gasteiger partial charge in [0.25, 0.3) is 5.69 Å². The third-order valence-corrected chi connectivity index (χ3v) is 3.85. The lowest BCUT2D eigenvalue weighted by molar-refractivity contribution is -0.384. The highest BCUT2D eigenvalue weighted by Gasteiger charge is 2.09. The largest absolute Gasteiger partial charge is 0.376 e. The van der Waals surface area contributed by atoms with E-state index in [1.165, 1.54) is 23.3 Å². The number of non-ortho nitro benzene ring substituents is 1. The molecule has 0 saturated carbocycles. The quantitative estimate of drug-likeness (QED) is 0.605. The number of nitrogens with one attached hydrogen (secondary N) is 2. The first-order valence-corrected chi connectivity index (χ1v) is 7.77. The lowest BCUT2D eigenvalue weighted by Crippen LogP contribution is -2.31. The zero-order valence-electron chi connectivity index (χ0n) is 13.8. The van der Waals surface area contributed by atoms with Crippen LogP contribution in [0.3, 0.4) is 0 Å². The van der Waals surface area contributed by atoms with Crippen molar-refractivity contribution in [3.8, 4) is 0 Å². The number of nitro groups is 1. The van der Waals surface area contributed by atoms with Crippen LogP contribution < -0.4 is 10.6 Å². The highest BCUT2D eigenvalue weighted by atomic mass is 16.6. The van der Waals surface area contributed by atoms with Gasteiger partial charge in [0.2, 0.25) is 5.91 Å². The number of carbonyl (C=O) groups is 1. The van der Waals surface area contributed by atoms with E-state index >= 15 is 0 Å². The Hall–Kier alpha value is -2.89. The number of anilines is 1. The van der Waals surface area contributed by atoms with Gasteiger partial charge >= 0.3 is 0 Å². The van der Waals surface area contributed by atoms with E-state index in [0.717, 1.165) is 12.0 Å². The Morgan fingerprint density at radius 3 is 2.58 bits per heavy atom. The first-order valence-electron chi connectivity index (χ1n) is 7.77. The number of rotatable bonds is 7. The van der Waals surface area contributed by atoms with E-state index in [-0.39, 0.29) is 18.1 Å². The fourth-order valence-corrected chi connectivity index (χ4v) is 2.38. The van der Waals surface area contributed by atoms with Crippen LogP contribution in [0.15, 0.2) is 42.5 Å². The van der Waals surface area contributed by atoms with Crippen LogP contribution >= 0.6 is 0 Å². The minimum Gasteiger partial charge on any atom is -0.376 e. The molecule has 2 N–H and O–H groups in total. The normalized spacial score (nSPS) is 10.2. The van der Waals surface area contributed by atoms with Crippen molar-refractivity contribution in [3.63, 3.8) is 0 Å². The molecular formula is C18H21N3O3. The number of nitrogens with zero attached hydrogens (tertiary/aromatic N) is 1. The van der Waals surface area contributed by atoms with Crippen molar-refractivity contribution in [2.45, 2.75) is 20.3 Å². The van der Waals surface area contributed by atoms with Gasteiger partial charge in [0.15, 0.2) is 0 Å². The summed E-state index contributed by atoms with van der Waals surface area (Å²) >= 11 is 0. The Morgan fingerprint density at radius 2 is 1.88 bits per heavy atom. The lowest BCUT2D eigenvalue weighted by atomic mass is 10.1. The minimum absolute atomic E-state index is 0.00283. The molecule has 2 aromatic rings. The van der Waals surface area contributed by atoms with Crippen LogP contribution in [0.2, 0.25) is 0 Å². The van der Waals surface area contributed by atoms with Crippen LogP contribution in [0.1, 0.15) is 16.7 Å². The predicted octanol–water partition coefficient (Wildman–Crippen LogP) is 2.98. The summed E-state index contributed by atoms with van der Waals surface area (Å²) in [5.74, 6) is -0.144. The summed E-state index contributed by atoms with van der Waals surface area (Å²) in [4.78, 5) is 22.3. The van der Waals surface area contributed by atoms with Crippen LogP contribution in [-0.2, 0) is 11.2 Å². The van der Waals surface area contributed by atoms with E-state index in [1.54, 1.807) is 6.07 Å². The van der Waals surface area contributed by atoms with Gasteiger partial charge in [0.1, 0.15) is 0 Å². The smallest absolute Gasteiger partial charge is 0.271 e. The van der Waals surface area contributed by atoms with Crippen molar-refractivity contribution < 1.29 is 9.72 Å². The Morgan fingerprint density at radius 1 is 1.12 bits per heavy atom. The number of aryl methyl sites for hydroxylation is 2.